The molecule has 190 valence electrons. The molecule has 0 fully saturated rings. The smallest absolute Gasteiger partial charge is 0.199 e. The molecule has 1 unspecified atom stereocenters. The minimum absolute atomic E-state index is 0. The minimum atomic E-state index is -0.915. The van der Waals surface area contributed by atoms with Crippen LogP contribution in [-0.4, -0.2) is 21.2 Å². The number of aromatic amines is 2. The quantitative estimate of drug-likeness (QED) is 0.177. The van der Waals surface area contributed by atoms with Crippen LogP contribution in [0.15, 0.2) is 60.9 Å². The first-order valence-corrected chi connectivity index (χ1v) is 11.1. The second kappa shape index (κ2) is 10.3. The van der Waals surface area contributed by atoms with Gasteiger partial charge in [-0.25, -0.2) is 22.5 Å². The zero-order chi connectivity index (χ0) is 25.4. The number of halogens is 4. The van der Waals surface area contributed by atoms with Crippen LogP contribution in [0.2, 0.25) is 0 Å². The van der Waals surface area contributed by atoms with E-state index in [1.54, 1.807) is 25.1 Å². The molecule has 0 spiro atoms. The molecular formula is C28H23F4N3O2. The van der Waals surface area contributed by atoms with Crippen LogP contribution in [0.1, 0.15) is 37.1 Å². The molecule has 0 radical (unpaired) electrons. The van der Waals surface area contributed by atoms with Gasteiger partial charge in [-0.1, -0.05) is 32.5 Å². The van der Waals surface area contributed by atoms with Crippen molar-refractivity contribution in [3.8, 4) is 22.9 Å². The molecule has 1 atom stereocenters. The van der Waals surface area contributed by atoms with E-state index in [0.29, 0.717) is 17.5 Å². The first kappa shape index (κ1) is 25.7. The Labute approximate surface area is 210 Å². The van der Waals surface area contributed by atoms with Gasteiger partial charge in [0.25, 0.3) is 0 Å². The van der Waals surface area contributed by atoms with E-state index < -0.39 is 34.9 Å². The average molecular weight is 510 g/mol. The Morgan fingerprint density at radius 1 is 1.03 bits per heavy atom. The van der Waals surface area contributed by atoms with Crippen LogP contribution in [0, 0.1) is 23.3 Å². The van der Waals surface area contributed by atoms with Crippen LogP contribution < -0.4 is 4.74 Å². The van der Waals surface area contributed by atoms with E-state index >= 15 is 0 Å². The number of hydrogen-bond acceptors (Lipinski definition) is 3. The lowest BCUT2D eigenvalue weighted by Crippen LogP contribution is -2.03. The number of H-pyrrole nitrogens is 2. The Kier molecular flexibility index (Phi) is 7.15. The van der Waals surface area contributed by atoms with Crippen LogP contribution in [-0.2, 0) is 11.2 Å². The summed E-state index contributed by atoms with van der Waals surface area (Å²) < 4.78 is 64.3. The maximum Gasteiger partial charge on any atom is 0.199 e. The summed E-state index contributed by atoms with van der Waals surface area (Å²) in [4.78, 5) is 20.8. The zero-order valence-electron chi connectivity index (χ0n) is 18.9. The number of carbonyl (C=O) groups excluding carboxylic acids is 1. The Hall–Kier alpha value is -4.40. The molecule has 37 heavy (non-hydrogen) atoms. The van der Waals surface area contributed by atoms with Gasteiger partial charge in [0.15, 0.2) is 17.4 Å². The molecule has 3 aromatic carbocycles. The van der Waals surface area contributed by atoms with Crippen LogP contribution >= 0.6 is 0 Å². The molecule has 0 bridgehead atoms. The van der Waals surface area contributed by atoms with Crippen molar-refractivity contribution in [3.63, 3.8) is 0 Å². The molecule has 0 aliphatic rings. The summed E-state index contributed by atoms with van der Waals surface area (Å²) in [7, 11) is 0. The van der Waals surface area contributed by atoms with E-state index in [2.05, 4.69) is 15.0 Å². The van der Waals surface area contributed by atoms with E-state index in [-0.39, 0.29) is 47.5 Å². The molecule has 0 amide bonds. The molecule has 5 nitrogen and oxygen atoms in total. The van der Waals surface area contributed by atoms with Crippen LogP contribution in [0.3, 0.4) is 0 Å². The number of ether oxygens (including phenoxy) is 1. The summed E-state index contributed by atoms with van der Waals surface area (Å²) >= 11 is 0. The van der Waals surface area contributed by atoms with Gasteiger partial charge in [-0.05, 0) is 35.4 Å². The van der Waals surface area contributed by atoms with Crippen molar-refractivity contribution in [3.05, 3.63) is 101 Å². The van der Waals surface area contributed by atoms with E-state index in [1.807, 2.05) is 0 Å². The molecular weight excluding hydrogens is 486 g/mol. The maximum atomic E-state index is 14.9. The molecule has 0 aliphatic carbocycles. The van der Waals surface area contributed by atoms with Crippen LogP contribution in [0.25, 0.3) is 22.3 Å². The summed E-state index contributed by atoms with van der Waals surface area (Å²) in [5.41, 5.74) is 1.43. The standard InChI is InChI=1S/C27H19F4N3O2.CH4/c1-14(17-4-2-3-15(8-10-35)24(17)30)23-13-33-27(34-23)19-11-16(5-6-20(19)28)36-26-21(29)12-22-18(25(26)31)7-9-32-22;/h2-7,9-14,32H,8H2,1H3,(H,33,34);1H4. The number of imidazole rings is 1. The summed E-state index contributed by atoms with van der Waals surface area (Å²) in [5, 5.41) is 0.155. The topological polar surface area (TPSA) is 70.8 Å². The lowest BCUT2D eigenvalue weighted by molar-refractivity contribution is -0.107. The zero-order valence-corrected chi connectivity index (χ0v) is 18.9. The number of carbonyl (C=O) groups is 1. The van der Waals surface area contributed by atoms with E-state index in [0.717, 1.165) is 12.1 Å². The molecule has 0 saturated carbocycles. The highest BCUT2D eigenvalue weighted by Crippen LogP contribution is 2.35. The normalized spacial score (nSPS) is 11.8. The highest BCUT2D eigenvalue weighted by atomic mass is 19.1. The Morgan fingerprint density at radius 3 is 2.62 bits per heavy atom. The van der Waals surface area contributed by atoms with E-state index in [9.17, 15) is 22.4 Å². The number of rotatable bonds is 7. The fraction of sp³-hybridized carbons (Fsp3) is 0.143. The van der Waals surface area contributed by atoms with Gasteiger partial charge in [0.2, 0.25) is 0 Å². The lowest BCUT2D eigenvalue weighted by atomic mass is 9.95. The maximum absolute atomic E-state index is 14.9. The molecule has 2 heterocycles. The fourth-order valence-corrected chi connectivity index (χ4v) is 4.11. The number of fused-ring (bicyclic) bond motifs is 1. The van der Waals surface area contributed by atoms with Crippen LogP contribution in [0.5, 0.6) is 11.5 Å². The van der Waals surface area contributed by atoms with Crippen molar-refractivity contribution < 1.29 is 27.1 Å². The molecule has 5 aromatic rings. The number of nitrogens with zero attached hydrogens (tertiary/aromatic N) is 1. The van der Waals surface area contributed by atoms with E-state index in [4.69, 9.17) is 4.74 Å². The predicted molar refractivity (Wildman–Crippen MR) is 133 cm³/mol. The Bertz CT molecular complexity index is 1590. The number of benzene rings is 3. The highest BCUT2D eigenvalue weighted by Gasteiger charge is 2.21. The molecule has 0 aliphatic heterocycles. The molecule has 0 saturated heterocycles. The van der Waals surface area contributed by atoms with Gasteiger partial charge in [-0.3, -0.25) is 0 Å². The molecule has 5 rings (SSSR count). The second-order valence-electron chi connectivity index (χ2n) is 8.28. The van der Waals surface area contributed by atoms with E-state index in [1.165, 1.54) is 30.6 Å². The third kappa shape index (κ3) is 4.72. The van der Waals surface area contributed by atoms with Gasteiger partial charge in [-0.15, -0.1) is 0 Å². The molecule has 2 aromatic heterocycles. The molecule has 9 heteroatoms. The second-order valence-corrected chi connectivity index (χ2v) is 8.28. The summed E-state index contributed by atoms with van der Waals surface area (Å²) in [6.07, 6.45) is 3.52. The first-order chi connectivity index (χ1) is 17.4. The Morgan fingerprint density at radius 2 is 1.84 bits per heavy atom. The number of hydrogen-bond donors (Lipinski definition) is 2. The van der Waals surface area contributed by atoms with Crippen molar-refractivity contribution in [2.45, 2.75) is 26.7 Å². The third-order valence-electron chi connectivity index (χ3n) is 6.06. The largest absolute Gasteiger partial charge is 0.451 e. The predicted octanol–water partition coefficient (Wildman–Crippen LogP) is 7.44. The van der Waals surface area contributed by atoms with Gasteiger partial charge in [0.1, 0.15) is 29.5 Å². The van der Waals surface area contributed by atoms with Crippen molar-refractivity contribution in [1.82, 2.24) is 15.0 Å². The summed E-state index contributed by atoms with van der Waals surface area (Å²) in [6.45, 7) is 1.75. The number of aldehydes is 1. The van der Waals surface area contributed by atoms with Gasteiger partial charge in [-0.2, -0.15) is 0 Å². The number of nitrogens with one attached hydrogen (secondary N) is 2. The highest BCUT2D eigenvalue weighted by molar-refractivity contribution is 5.82. The molecule has 2 N–H and O–H groups in total. The first-order valence-electron chi connectivity index (χ1n) is 11.1. The monoisotopic (exact) mass is 509 g/mol. The summed E-state index contributed by atoms with van der Waals surface area (Å²) in [6, 6.07) is 11.0. The van der Waals surface area contributed by atoms with Crippen molar-refractivity contribution in [2.24, 2.45) is 0 Å². The minimum Gasteiger partial charge on any atom is -0.451 e. The van der Waals surface area contributed by atoms with Crippen molar-refractivity contribution in [1.29, 1.82) is 0 Å². The summed E-state index contributed by atoms with van der Waals surface area (Å²) in [5.74, 6) is -3.89. The lowest BCUT2D eigenvalue weighted by Gasteiger charge is -2.13. The van der Waals surface area contributed by atoms with Crippen molar-refractivity contribution >= 4 is 17.2 Å². The SMILES string of the molecule is C.CC(c1cnc(-c2cc(Oc3c(F)cc4[nH]ccc4c3F)ccc2F)[nH]1)c1cccc(CC=O)c1F. The fourth-order valence-electron chi connectivity index (χ4n) is 4.11. The van der Waals surface area contributed by atoms with Gasteiger partial charge < -0.3 is 19.5 Å². The van der Waals surface area contributed by atoms with Crippen LogP contribution in [0.4, 0.5) is 17.6 Å². The van der Waals surface area contributed by atoms with Gasteiger partial charge in [0.05, 0.1) is 11.1 Å². The average Bonchev–Trinajstić information content (AvgIpc) is 3.54. The Balaban J connectivity index is 0.00000320. The van der Waals surface area contributed by atoms with Gasteiger partial charge >= 0.3 is 0 Å². The third-order valence-corrected chi connectivity index (χ3v) is 6.06. The number of aromatic nitrogens is 3. The van der Waals surface area contributed by atoms with Gasteiger partial charge in [0, 0.05) is 41.9 Å². The van der Waals surface area contributed by atoms with Crippen molar-refractivity contribution in [2.75, 3.05) is 0 Å².